The Morgan fingerprint density at radius 2 is 2.24 bits per heavy atom. The maximum atomic E-state index is 11.4. The molecule has 21 heavy (non-hydrogen) atoms. The summed E-state index contributed by atoms with van der Waals surface area (Å²) in [6, 6.07) is 6.28. The third-order valence-corrected chi connectivity index (χ3v) is 4.51. The number of hydrazine groups is 1. The van der Waals surface area contributed by atoms with E-state index in [1.165, 1.54) is 5.57 Å². The van der Waals surface area contributed by atoms with E-state index < -0.39 is 0 Å². The lowest BCUT2D eigenvalue weighted by Gasteiger charge is -2.31. The maximum Gasteiger partial charge on any atom is 0.234 e. The van der Waals surface area contributed by atoms with Crippen LogP contribution in [0, 0.1) is 5.92 Å². The Kier molecular flexibility index (Phi) is 5.31. The summed E-state index contributed by atoms with van der Waals surface area (Å²) in [5.41, 5.74) is 8.05. The van der Waals surface area contributed by atoms with Crippen molar-refractivity contribution in [3.05, 3.63) is 29.3 Å². The van der Waals surface area contributed by atoms with E-state index in [1.54, 1.807) is 18.9 Å². The summed E-state index contributed by atoms with van der Waals surface area (Å²) in [5, 5.41) is 0. The van der Waals surface area contributed by atoms with E-state index in [-0.39, 0.29) is 17.9 Å². The van der Waals surface area contributed by atoms with E-state index in [9.17, 15) is 4.79 Å². The number of carbonyl (C=O) groups is 1. The molecule has 1 aliphatic heterocycles. The monoisotopic (exact) mass is 306 g/mol. The van der Waals surface area contributed by atoms with Crippen LogP contribution in [0.15, 0.2) is 28.7 Å². The second-order valence-corrected chi connectivity index (χ2v) is 6.17. The predicted octanol–water partition coefficient (Wildman–Crippen LogP) is 2.85. The summed E-state index contributed by atoms with van der Waals surface area (Å²) in [6.45, 7) is 4.17. The molecule has 1 aromatic rings. The van der Waals surface area contributed by atoms with Crippen LogP contribution < -0.4 is 15.6 Å². The third kappa shape index (κ3) is 3.60. The molecule has 0 aromatic heterocycles. The fourth-order valence-electron chi connectivity index (χ4n) is 2.69. The van der Waals surface area contributed by atoms with Gasteiger partial charge in [0.2, 0.25) is 5.91 Å². The number of amides is 1. The highest BCUT2D eigenvalue weighted by molar-refractivity contribution is 7.98. The molecular formula is C16H22N2O2S. The second-order valence-electron chi connectivity index (χ2n) is 5.32. The van der Waals surface area contributed by atoms with Crippen molar-refractivity contribution in [1.82, 2.24) is 10.9 Å². The Labute approximate surface area is 130 Å². The van der Waals surface area contributed by atoms with E-state index in [0.29, 0.717) is 6.42 Å². The van der Waals surface area contributed by atoms with Gasteiger partial charge in [-0.2, -0.15) is 0 Å². The molecule has 114 valence electrons. The van der Waals surface area contributed by atoms with Crippen LogP contribution in [0.4, 0.5) is 0 Å². The van der Waals surface area contributed by atoms with Gasteiger partial charge in [-0.1, -0.05) is 30.7 Å². The van der Waals surface area contributed by atoms with E-state index in [4.69, 9.17) is 4.74 Å². The van der Waals surface area contributed by atoms with Gasteiger partial charge in [0, 0.05) is 16.9 Å². The van der Waals surface area contributed by atoms with Gasteiger partial charge < -0.3 is 4.74 Å². The summed E-state index contributed by atoms with van der Waals surface area (Å²) >= 11 is 1.67. The summed E-state index contributed by atoms with van der Waals surface area (Å²) in [4.78, 5) is 12.5. The minimum absolute atomic E-state index is 0.0495. The highest BCUT2D eigenvalue weighted by atomic mass is 32.2. The standard InChI is InChI=1S/C16H22N2O2S/c1-10(15-11(2)9-14(19)17-18-15)8-12-6-5-7-13(21-4)16(12)20-3/h5-8,11,15,18H,9H2,1-4H3,(H,17,19)/b10-8+. The second kappa shape index (κ2) is 7.00. The molecule has 5 heteroatoms. The SMILES string of the molecule is COc1c(/C=C(\C)C2NNC(=O)CC2C)cccc1SC. The number of carbonyl (C=O) groups excluding carboxylic acids is 1. The molecule has 0 spiro atoms. The first-order valence-electron chi connectivity index (χ1n) is 7.00. The number of hydrogen-bond acceptors (Lipinski definition) is 4. The number of hydrogen-bond donors (Lipinski definition) is 2. The van der Waals surface area contributed by atoms with Crippen molar-refractivity contribution < 1.29 is 9.53 Å². The van der Waals surface area contributed by atoms with Gasteiger partial charge in [-0.05, 0) is 25.2 Å². The Bertz CT molecular complexity index is 557. The van der Waals surface area contributed by atoms with Gasteiger partial charge in [-0.3, -0.25) is 10.2 Å². The van der Waals surface area contributed by atoms with Gasteiger partial charge in [0.15, 0.2) is 0 Å². The Morgan fingerprint density at radius 3 is 2.86 bits per heavy atom. The number of rotatable bonds is 4. The van der Waals surface area contributed by atoms with Crippen LogP contribution in [0.1, 0.15) is 25.8 Å². The van der Waals surface area contributed by atoms with E-state index >= 15 is 0 Å². The Balaban J connectivity index is 2.28. The van der Waals surface area contributed by atoms with Gasteiger partial charge in [0.1, 0.15) is 5.75 Å². The lowest BCUT2D eigenvalue weighted by Crippen LogP contribution is -2.53. The van der Waals surface area contributed by atoms with Crippen LogP contribution in [0.2, 0.25) is 0 Å². The van der Waals surface area contributed by atoms with Crippen molar-refractivity contribution >= 4 is 23.7 Å². The molecule has 1 aliphatic rings. The quantitative estimate of drug-likeness (QED) is 0.840. The van der Waals surface area contributed by atoms with Crippen molar-refractivity contribution in [2.45, 2.75) is 31.2 Å². The van der Waals surface area contributed by atoms with Gasteiger partial charge in [0.05, 0.1) is 13.2 Å². The minimum atomic E-state index is 0.0495. The smallest absolute Gasteiger partial charge is 0.234 e. The molecule has 0 radical (unpaired) electrons. The van der Waals surface area contributed by atoms with Crippen molar-refractivity contribution in [3.8, 4) is 5.75 Å². The van der Waals surface area contributed by atoms with E-state index in [2.05, 4.69) is 36.8 Å². The average Bonchev–Trinajstić information content (AvgIpc) is 2.46. The molecule has 2 rings (SSSR count). The summed E-state index contributed by atoms with van der Waals surface area (Å²) in [6.07, 6.45) is 4.72. The number of thioether (sulfide) groups is 1. The topological polar surface area (TPSA) is 50.4 Å². The maximum absolute atomic E-state index is 11.4. The van der Waals surface area contributed by atoms with Crippen LogP contribution in [-0.2, 0) is 4.79 Å². The third-order valence-electron chi connectivity index (χ3n) is 3.75. The summed E-state index contributed by atoms with van der Waals surface area (Å²) < 4.78 is 5.54. The molecule has 4 nitrogen and oxygen atoms in total. The summed E-state index contributed by atoms with van der Waals surface area (Å²) in [7, 11) is 1.70. The molecule has 1 heterocycles. The van der Waals surface area contributed by atoms with E-state index in [0.717, 1.165) is 16.2 Å². The number of methoxy groups -OCH3 is 1. The van der Waals surface area contributed by atoms with Gasteiger partial charge >= 0.3 is 0 Å². The molecule has 1 amide bonds. The Hall–Kier alpha value is -1.46. The molecule has 1 fully saturated rings. The van der Waals surface area contributed by atoms with Crippen molar-refractivity contribution in [2.75, 3.05) is 13.4 Å². The van der Waals surface area contributed by atoms with Crippen molar-refractivity contribution in [1.29, 1.82) is 0 Å². The molecule has 1 aromatic carbocycles. The number of benzene rings is 1. The zero-order chi connectivity index (χ0) is 15.4. The van der Waals surface area contributed by atoms with Gasteiger partial charge in [-0.25, -0.2) is 5.43 Å². The fraction of sp³-hybridized carbons (Fsp3) is 0.438. The lowest BCUT2D eigenvalue weighted by atomic mass is 9.90. The van der Waals surface area contributed by atoms with Crippen molar-refractivity contribution in [2.24, 2.45) is 5.92 Å². The highest BCUT2D eigenvalue weighted by Crippen LogP contribution is 2.33. The van der Waals surface area contributed by atoms with Crippen LogP contribution in [-0.4, -0.2) is 25.3 Å². The summed E-state index contributed by atoms with van der Waals surface area (Å²) in [5.74, 6) is 1.22. The van der Waals surface area contributed by atoms with Crippen LogP contribution in [0.5, 0.6) is 5.75 Å². The zero-order valence-electron chi connectivity index (χ0n) is 12.9. The van der Waals surface area contributed by atoms with Crippen LogP contribution in [0.3, 0.4) is 0 Å². The Morgan fingerprint density at radius 1 is 1.48 bits per heavy atom. The first kappa shape index (κ1) is 15.9. The number of nitrogens with one attached hydrogen (secondary N) is 2. The number of ether oxygens (including phenoxy) is 1. The minimum Gasteiger partial charge on any atom is -0.495 e. The molecular weight excluding hydrogens is 284 g/mol. The molecule has 2 N–H and O–H groups in total. The normalized spacial score (nSPS) is 22.9. The molecule has 2 atom stereocenters. The van der Waals surface area contributed by atoms with E-state index in [1.807, 2.05) is 18.4 Å². The first-order valence-corrected chi connectivity index (χ1v) is 8.22. The van der Waals surface area contributed by atoms with Crippen molar-refractivity contribution in [3.63, 3.8) is 0 Å². The largest absolute Gasteiger partial charge is 0.495 e. The van der Waals surface area contributed by atoms with Crippen LogP contribution in [0.25, 0.3) is 6.08 Å². The van der Waals surface area contributed by atoms with Gasteiger partial charge in [-0.15, -0.1) is 11.8 Å². The average molecular weight is 306 g/mol. The van der Waals surface area contributed by atoms with Crippen LogP contribution >= 0.6 is 11.8 Å². The molecule has 2 unspecified atom stereocenters. The molecule has 1 saturated heterocycles. The highest BCUT2D eigenvalue weighted by Gasteiger charge is 2.26. The molecule has 0 aliphatic carbocycles. The molecule has 0 saturated carbocycles. The molecule has 0 bridgehead atoms. The zero-order valence-corrected chi connectivity index (χ0v) is 13.7. The number of para-hydroxylation sites is 1. The lowest BCUT2D eigenvalue weighted by molar-refractivity contribution is -0.125. The van der Waals surface area contributed by atoms with Gasteiger partial charge in [0.25, 0.3) is 0 Å². The fourth-order valence-corrected chi connectivity index (χ4v) is 3.29. The first-order chi connectivity index (χ1) is 10.1. The predicted molar refractivity (Wildman–Crippen MR) is 87.3 cm³/mol.